The summed E-state index contributed by atoms with van der Waals surface area (Å²) in [6.45, 7) is 3.38. The lowest BCUT2D eigenvalue weighted by Crippen LogP contribution is -2.36. The van der Waals surface area contributed by atoms with E-state index in [1.807, 2.05) is 0 Å². The molecule has 10 heteroatoms. The van der Waals surface area contributed by atoms with Crippen LogP contribution in [0.2, 0.25) is 0 Å². The molecule has 0 radical (unpaired) electrons. The highest BCUT2D eigenvalue weighted by Crippen LogP contribution is 2.26. The molecule has 0 aliphatic rings. The summed E-state index contributed by atoms with van der Waals surface area (Å²) in [5.74, 6) is -0.512. The first kappa shape index (κ1) is 18.2. The van der Waals surface area contributed by atoms with Crippen molar-refractivity contribution >= 4 is 17.7 Å². The fourth-order valence-electron chi connectivity index (χ4n) is 2.18. The highest BCUT2D eigenvalue weighted by molar-refractivity contribution is 5.90. The largest absolute Gasteiger partial charge is 0.494 e. The number of rotatable bonds is 6. The van der Waals surface area contributed by atoms with Crippen molar-refractivity contribution in [1.82, 2.24) is 25.1 Å². The second-order valence-electron chi connectivity index (χ2n) is 5.57. The topological polar surface area (TPSA) is 122 Å². The molecule has 1 aromatic heterocycles. The number of tetrazole rings is 1. The van der Waals surface area contributed by atoms with Gasteiger partial charge in [0.15, 0.2) is 5.82 Å². The number of aromatic nitrogens is 4. The highest BCUT2D eigenvalue weighted by Gasteiger charge is 2.18. The summed E-state index contributed by atoms with van der Waals surface area (Å²) in [6.07, 6.45) is 0. The molecule has 1 heterocycles. The molecule has 0 saturated heterocycles. The third kappa shape index (κ3) is 4.22. The summed E-state index contributed by atoms with van der Waals surface area (Å²) in [7, 11) is 3.06. The molecule has 2 amide bonds. The first-order valence-electron chi connectivity index (χ1n) is 7.51. The van der Waals surface area contributed by atoms with Crippen molar-refractivity contribution in [3.05, 3.63) is 24.0 Å². The van der Waals surface area contributed by atoms with Crippen LogP contribution in [0.3, 0.4) is 0 Å². The molecule has 0 spiro atoms. The zero-order valence-corrected chi connectivity index (χ0v) is 14.4. The Morgan fingerprint density at radius 2 is 2.16 bits per heavy atom. The lowest BCUT2D eigenvalue weighted by atomic mass is 10.2. The van der Waals surface area contributed by atoms with Crippen molar-refractivity contribution in [2.24, 2.45) is 5.92 Å². The number of carboxylic acid groups (broad SMARTS) is 1. The van der Waals surface area contributed by atoms with Gasteiger partial charge in [-0.05, 0) is 35.5 Å². The van der Waals surface area contributed by atoms with E-state index in [0.29, 0.717) is 22.9 Å². The van der Waals surface area contributed by atoms with E-state index in [1.54, 1.807) is 25.1 Å². The molecule has 0 bridgehead atoms. The van der Waals surface area contributed by atoms with Crippen molar-refractivity contribution in [3.63, 3.8) is 0 Å². The molecule has 134 valence electrons. The van der Waals surface area contributed by atoms with Gasteiger partial charge < -0.3 is 20.1 Å². The van der Waals surface area contributed by atoms with Crippen LogP contribution in [-0.2, 0) is 4.79 Å². The lowest BCUT2D eigenvalue weighted by molar-refractivity contribution is -0.141. The Labute approximate surface area is 144 Å². The molecule has 10 nitrogen and oxygen atoms in total. The number of ether oxygens (including phenoxy) is 1. The van der Waals surface area contributed by atoms with Crippen LogP contribution in [0.1, 0.15) is 12.7 Å². The van der Waals surface area contributed by atoms with Gasteiger partial charge in [-0.1, -0.05) is 6.92 Å². The summed E-state index contributed by atoms with van der Waals surface area (Å²) >= 11 is 0. The van der Waals surface area contributed by atoms with Gasteiger partial charge in [0.25, 0.3) is 0 Å². The quantitative estimate of drug-likeness (QED) is 0.803. The third-order valence-corrected chi connectivity index (χ3v) is 3.60. The molecule has 1 atom stereocenters. The second kappa shape index (κ2) is 7.60. The van der Waals surface area contributed by atoms with Crippen LogP contribution in [0.4, 0.5) is 10.5 Å². The number of hydrogen-bond donors (Lipinski definition) is 2. The number of carboxylic acids is 1. The molecule has 25 heavy (non-hydrogen) atoms. The fourth-order valence-corrected chi connectivity index (χ4v) is 2.18. The second-order valence-corrected chi connectivity index (χ2v) is 5.57. The van der Waals surface area contributed by atoms with E-state index in [1.165, 1.54) is 30.7 Å². The Balaban J connectivity index is 2.19. The number of urea groups is 1. The van der Waals surface area contributed by atoms with Gasteiger partial charge in [0.1, 0.15) is 11.4 Å². The van der Waals surface area contributed by atoms with Crippen LogP contribution in [0.25, 0.3) is 5.69 Å². The molecule has 0 aliphatic carbocycles. The maximum atomic E-state index is 12.2. The van der Waals surface area contributed by atoms with Crippen molar-refractivity contribution in [1.29, 1.82) is 0 Å². The Bertz CT molecular complexity index is 775. The van der Waals surface area contributed by atoms with Gasteiger partial charge in [0.05, 0.1) is 13.0 Å². The number of amides is 2. The molecule has 0 fully saturated rings. The van der Waals surface area contributed by atoms with E-state index in [-0.39, 0.29) is 6.54 Å². The average molecular weight is 348 g/mol. The van der Waals surface area contributed by atoms with E-state index in [4.69, 9.17) is 9.84 Å². The van der Waals surface area contributed by atoms with Crippen LogP contribution in [0.5, 0.6) is 5.75 Å². The number of anilines is 1. The number of nitrogens with one attached hydrogen (secondary N) is 1. The average Bonchev–Trinajstić information content (AvgIpc) is 3.00. The summed E-state index contributed by atoms with van der Waals surface area (Å²) in [6, 6.07) is 4.62. The minimum atomic E-state index is -0.958. The summed E-state index contributed by atoms with van der Waals surface area (Å²) < 4.78 is 6.80. The molecule has 2 N–H and O–H groups in total. The predicted octanol–water partition coefficient (Wildman–Crippen LogP) is 1.16. The Morgan fingerprint density at radius 1 is 1.44 bits per heavy atom. The lowest BCUT2D eigenvalue weighted by Gasteiger charge is -2.20. The molecular weight excluding hydrogens is 328 g/mol. The maximum absolute atomic E-state index is 12.2. The first-order valence-corrected chi connectivity index (χ1v) is 7.51. The van der Waals surface area contributed by atoms with Crippen molar-refractivity contribution in [3.8, 4) is 11.4 Å². The highest BCUT2D eigenvalue weighted by atomic mass is 16.5. The van der Waals surface area contributed by atoms with Gasteiger partial charge in [-0.15, -0.1) is 5.10 Å². The van der Waals surface area contributed by atoms with E-state index >= 15 is 0 Å². The molecule has 2 aromatic rings. The minimum absolute atomic E-state index is 0.0935. The first-order chi connectivity index (χ1) is 11.8. The predicted molar refractivity (Wildman–Crippen MR) is 88.9 cm³/mol. The fraction of sp³-hybridized carbons (Fsp3) is 0.400. The minimum Gasteiger partial charge on any atom is -0.494 e. The summed E-state index contributed by atoms with van der Waals surface area (Å²) in [5, 5.41) is 23.0. The van der Waals surface area contributed by atoms with E-state index in [9.17, 15) is 9.59 Å². The number of aryl methyl sites for hydroxylation is 1. The normalized spacial score (nSPS) is 11.7. The van der Waals surface area contributed by atoms with Crippen molar-refractivity contribution < 1.29 is 19.4 Å². The summed E-state index contributed by atoms with van der Waals surface area (Å²) in [5.41, 5.74) is 1.08. The Hall–Kier alpha value is -3.17. The Kier molecular flexibility index (Phi) is 5.52. The van der Waals surface area contributed by atoms with Gasteiger partial charge in [0.2, 0.25) is 0 Å². The third-order valence-electron chi connectivity index (χ3n) is 3.60. The van der Waals surface area contributed by atoms with Gasteiger partial charge in [-0.3, -0.25) is 4.79 Å². The standard InChI is InChI=1S/C15H20N6O4/c1-9(14(22)23)8-20(3)15(24)16-11-5-6-13(25-4)12(7-11)21-10(2)17-18-19-21/h5-7,9H,8H2,1-4H3,(H,16,24)(H,22,23). The SMILES string of the molecule is COc1ccc(NC(=O)N(C)CC(C)C(=O)O)cc1-n1nnnc1C. The number of hydrogen-bond acceptors (Lipinski definition) is 6. The monoisotopic (exact) mass is 348 g/mol. The smallest absolute Gasteiger partial charge is 0.321 e. The Morgan fingerprint density at radius 3 is 2.72 bits per heavy atom. The van der Waals surface area contributed by atoms with Crippen molar-refractivity contribution in [2.75, 3.05) is 26.0 Å². The van der Waals surface area contributed by atoms with Crippen molar-refractivity contribution in [2.45, 2.75) is 13.8 Å². The van der Waals surface area contributed by atoms with Crippen LogP contribution >= 0.6 is 0 Å². The number of benzene rings is 1. The zero-order chi connectivity index (χ0) is 18.6. The molecule has 0 aliphatic heterocycles. The number of nitrogens with zero attached hydrogens (tertiary/aromatic N) is 5. The molecular formula is C15H20N6O4. The molecule has 0 saturated carbocycles. The van der Waals surface area contributed by atoms with Gasteiger partial charge in [0, 0.05) is 19.3 Å². The van der Waals surface area contributed by atoms with Gasteiger partial charge in [-0.2, -0.15) is 4.68 Å². The number of methoxy groups -OCH3 is 1. The number of aliphatic carboxylic acids is 1. The molecule has 2 rings (SSSR count). The van der Waals surface area contributed by atoms with E-state index in [2.05, 4.69) is 20.8 Å². The van der Waals surface area contributed by atoms with Crippen LogP contribution in [0.15, 0.2) is 18.2 Å². The van der Waals surface area contributed by atoms with Gasteiger partial charge >= 0.3 is 12.0 Å². The van der Waals surface area contributed by atoms with Crippen LogP contribution < -0.4 is 10.1 Å². The van der Waals surface area contributed by atoms with E-state index < -0.39 is 17.9 Å². The van der Waals surface area contributed by atoms with Crippen LogP contribution in [-0.4, -0.2) is 62.9 Å². The molecule has 1 unspecified atom stereocenters. The van der Waals surface area contributed by atoms with E-state index in [0.717, 1.165) is 0 Å². The molecule has 1 aromatic carbocycles. The number of carbonyl (C=O) groups excluding carboxylic acids is 1. The summed E-state index contributed by atoms with van der Waals surface area (Å²) in [4.78, 5) is 24.4. The maximum Gasteiger partial charge on any atom is 0.321 e. The van der Waals surface area contributed by atoms with Gasteiger partial charge in [-0.25, -0.2) is 4.79 Å². The zero-order valence-electron chi connectivity index (χ0n) is 14.4. The van der Waals surface area contributed by atoms with Crippen LogP contribution in [0, 0.1) is 12.8 Å². The number of carbonyl (C=O) groups is 2.